The first-order valence-corrected chi connectivity index (χ1v) is 10.5. The number of rotatable bonds is 6. The molecular weight excluding hydrogens is 370 g/mol. The number of aryl methyl sites for hydroxylation is 2. The molecule has 0 bridgehead atoms. The SMILES string of the molecule is CCOc1cc2oc(C)c(C)c2cc1/C(C)=C/C(=O)Nc1ccccc1SC. The van der Waals surface area contributed by atoms with Gasteiger partial charge in [-0.2, -0.15) is 0 Å². The van der Waals surface area contributed by atoms with Crippen LogP contribution in [0.1, 0.15) is 30.7 Å². The lowest BCUT2D eigenvalue weighted by Gasteiger charge is -2.12. The van der Waals surface area contributed by atoms with Gasteiger partial charge in [0, 0.05) is 28.0 Å². The molecule has 0 aliphatic heterocycles. The van der Waals surface area contributed by atoms with Crippen molar-refractivity contribution in [2.75, 3.05) is 18.2 Å². The summed E-state index contributed by atoms with van der Waals surface area (Å²) in [6.07, 6.45) is 3.61. The lowest BCUT2D eigenvalue weighted by atomic mass is 10.0. The minimum absolute atomic E-state index is 0.165. The molecule has 0 unspecified atom stereocenters. The molecule has 3 aromatic rings. The molecule has 146 valence electrons. The van der Waals surface area contributed by atoms with E-state index >= 15 is 0 Å². The van der Waals surface area contributed by atoms with E-state index in [4.69, 9.17) is 9.15 Å². The molecule has 0 atom stereocenters. The molecule has 0 aliphatic carbocycles. The Morgan fingerprint density at radius 1 is 1.25 bits per heavy atom. The van der Waals surface area contributed by atoms with Crippen molar-refractivity contribution in [3.63, 3.8) is 0 Å². The third kappa shape index (κ3) is 4.09. The molecule has 28 heavy (non-hydrogen) atoms. The van der Waals surface area contributed by atoms with Crippen LogP contribution >= 0.6 is 11.8 Å². The van der Waals surface area contributed by atoms with E-state index in [-0.39, 0.29) is 5.91 Å². The van der Waals surface area contributed by atoms with Gasteiger partial charge in [-0.1, -0.05) is 12.1 Å². The first kappa shape index (κ1) is 20.1. The van der Waals surface area contributed by atoms with E-state index in [2.05, 4.69) is 5.32 Å². The summed E-state index contributed by atoms with van der Waals surface area (Å²) < 4.78 is 11.6. The highest BCUT2D eigenvalue weighted by Crippen LogP contribution is 2.35. The van der Waals surface area contributed by atoms with Crippen LogP contribution in [0, 0.1) is 13.8 Å². The van der Waals surface area contributed by atoms with Crippen LogP contribution in [-0.2, 0) is 4.79 Å². The Balaban J connectivity index is 1.96. The van der Waals surface area contributed by atoms with Gasteiger partial charge in [-0.25, -0.2) is 0 Å². The molecule has 0 spiro atoms. The molecule has 0 saturated heterocycles. The van der Waals surface area contributed by atoms with Gasteiger partial charge in [0.05, 0.1) is 12.3 Å². The minimum atomic E-state index is -0.165. The van der Waals surface area contributed by atoms with Crippen LogP contribution in [0.15, 0.2) is 51.8 Å². The van der Waals surface area contributed by atoms with Gasteiger partial charge >= 0.3 is 0 Å². The predicted octanol–water partition coefficient (Wildman–Crippen LogP) is 6.21. The molecule has 3 rings (SSSR count). The fourth-order valence-corrected chi connectivity index (χ4v) is 3.70. The topological polar surface area (TPSA) is 51.5 Å². The molecule has 0 fully saturated rings. The van der Waals surface area contributed by atoms with E-state index in [0.717, 1.165) is 49.8 Å². The number of para-hydroxylation sites is 1. The van der Waals surface area contributed by atoms with Crippen LogP contribution in [0.5, 0.6) is 5.75 Å². The van der Waals surface area contributed by atoms with Crippen LogP contribution in [0.25, 0.3) is 16.5 Å². The number of allylic oxidation sites excluding steroid dienone is 1. The van der Waals surface area contributed by atoms with Crippen molar-refractivity contribution in [3.8, 4) is 5.75 Å². The van der Waals surface area contributed by atoms with Crippen molar-refractivity contribution in [3.05, 3.63) is 59.4 Å². The molecule has 0 saturated carbocycles. The number of furan rings is 1. The van der Waals surface area contributed by atoms with Crippen molar-refractivity contribution >= 4 is 39.9 Å². The number of benzene rings is 2. The van der Waals surface area contributed by atoms with E-state index < -0.39 is 0 Å². The minimum Gasteiger partial charge on any atom is -0.493 e. The summed E-state index contributed by atoms with van der Waals surface area (Å²) in [5.74, 6) is 1.44. The van der Waals surface area contributed by atoms with Crippen molar-refractivity contribution < 1.29 is 13.9 Å². The molecule has 1 amide bonds. The third-order valence-electron chi connectivity index (χ3n) is 4.71. The van der Waals surface area contributed by atoms with Crippen LogP contribution < -0.4 is 10.1 Å². The summed E-state index contributed by atoms with van der Waals surface area (Å²) in [5.41, 5.74) is 4.44. The van der Waals surface area contributed by atoms with Gasteiger partial charge in [0.15, 0.2) is 0 Å². The number of thioether (sulfide) groups is 1. The standard InChI is InChI=1S/C23H25NO3S/c1-6-26-20-13-21-18(15(3)16(4)27-21)12-17(20)14(2)11-23(25)24-19-9-7-8-10-22(19)28-5/h7-13H,6H2,1-5H3,(H,24,25)/b14-11+. The molecule has 4 nitrogen and oxygen atoms in total. The maximum Gasteiger partial charge on any atom is 0.248 e. The second-order valence-corrected chi connectivity index (χ2v) is 7.43. The fourth-order valence-electron chi connectivity index (χ4n) is 3.14. The average molecular weight is 396 g/mol. The molecule has 0 aliphatic rings. The second kappa shape index (κ2) is 8.57. The van der Waals surface area contributed by atoms with Gasteiger partial charge in [0.2, 0.25) is 5.91 Å². The maximum atomic E-state index is 12.6. The van der Waals surface area contributed by atoms with E-state index in [1.807, 2.05) is 70.3 Å². The fraction of sp³-hybridized carbons (Fsp3) is 0.261. The normalized spacial score (nSPS) is 11.7. The van der Waals surface area contributed by atoms with Crippen molar-refractivity contribution in [2.24, 2.45) is 0 Å². The van der Waals surface area contributed by atoms with Gasteiger partial charge in [0.25, 0.3) is 0 Å². The number of nitrogens with one attached hydrogen (secondary N) is 1. The first-order valence-electron chi connectivity index (χ1n) is 9.23. The Bertz CT molecular complexity index is 1050. The zero-order valence-electron chi connectivity index (χ0n) is 16.9. The van der Waals surface area contributed by atoms with Gasteiger partial charge in [-0.05, 0) is 63.3 Å². The Hall–Kier alpha value is -2.66. The number of fused-ring (bicyclic) bond motifs is 1. The number of ether oxygens (including phenoxy) is 1. The number of hydrogen-bond donors (Lipinski definition) is 1. The van der Waals surface area contributed by atoms with E-state index in [1.165, 1.54) is 0 Å². The zero-order valence-corrected chi connectivity index (χ0v) is 17.7. The van der Waals surface area contributed by atoms with Crippen LogP contribution in [0.2, 0.25) is 0 Å². The summed E-state index contributed by atoms with van der Waals surface area (Å²) in [6.45, 7) is 8.40. The second-order valence-electron chi connectivity index (χ2n) is 6.58. The monoisotopic (exact) mass is 395 g/mol. The smallest absolute Gasteiger partial charge is 0.248 e. The quantitative estimate of drug-likeness (QED) is 0.398. The van der Waals surface area contributed by atoms with E-state index in [9.17, 15) is 4.79 Å². The first-order chi connectivity index (χ1) is 13.4. The van der Waals surface area contributed by atoms with Crippen molar-refractivity contribution in [2.45, 2.75) is 32.6 Å². The number of anilines is 1. The van der Waals surface area contributed by atoms with Gasteiger partial charge in [0.1, 0.15) is 17.1 Å². The highest BCUT2D eigenvalue weighted by molar-refractivity contribution is 7.98. The lowest BCUT2D eigenvalue weighted by Crippen LogP contribution is -2.09. The zero-order chi connectivity index (χ0) is 20.3. The lowest BCUT2D eigenvalue weighted by molar-refractivity contribution is -0.111. The van der Waals surface area contributed by atoms with Gasteiger partial charge < -0.3 is 14.5 Å². The van der Waals surface area contributed by atoms with Crippen molar-refractivity contribution in [1.29, 1.82) is 0 Å². The van der Waals surface area contributed by atoms with Crippen LogP contribution in [0.3, 0.4) is 0 Å². The molecule has 0 radical (unpaired) electrons. The number of hydrogen-bond acceptors (Lipinski definition) is 4. The van der Waals surface area contributed by atoms with Crippen molar-refractivity contribution in [1.82, 2.24) is 0 Å². The highest BCUT2D eigenvalue weighted by Gasteiger charge is 2.15. The molecule has 2 aromatic carbocycles. The molecule has 1 heterocycles. The third-order valence-corrected chi connectivity index (χ3v) is 5.51. The molecule has 1 aromatic heterocycles. The van der Waals surface area contributed by atoms with E-state index in [1.54, 1.807) is 17.8 Å². The Morgan fingerprint density at radius 2 is 2.00 bits per heavy atom. The summed E-state index contributed by atoms with van der Waals surface area (Å²) >= 11 is 1.60. The van der Waals surface area contributed by atoms with Crippen LogP contribution in [0.4, 0.5) is 5.69 Å². The number of amides is 1. The Morgan fingerprint density at radius 3 is 2.71 bits per heavy atom. The molecular formula is C23H25NO3S. The molecule has 1 N–H and O–H groups in total. The van der Waals surface area contributed by atoms with Gasteiger partial charge in [-0.15, -0.1) is 11.8 Å². The summed E-state index contributed by atoms with van der Waals surface area (Å²) in [4.78, 5) is 13.6. The summed E-state index contributed by atoms with van der Waals surface area (Å²) in [7, 11) is 0. The Labute approximate surface area is 170 Å². The highest BCUT2D eigenvalue weighted by atomic mass is 32.2. The van der Waals surface area contributed by atoms with Crippen LogP contribution in [-0.4, -0.2) is 18.8 Å². The largest absolute Gasteiger partial charge is 0.493 e. The maximum absolute atomic E-state index is 12.6. The number of carbonyl (C=O) groups is 1. The molecule has 5 heteroatoms. The average Bonchev–Trinajstić information content (AvgIpc) is 2.95. The number of carbonyl (C=O) groups excluding carboxylic acids is 1. The summed E-state index contributed by atoms with van der Waals surface area (Å²) in [6, 6.07) is 11.7. The summed E-state index contributed by atoms with van der Waals surface area (Å²) in [5, 5.41) is 4.01. The Kier molecular flexibility index (Phi) is 6.15. The van der Waals surface area contributed by atoms with E-state index in [0.29, 0.717) is 6.61 Å². The predicted molar refractivity (Wildman–Crippen MR) is 117 cm³/mol. The van der Waals surface area contributed by atoms with Gasteiger partial charge in [-0.3, -0.25) is 4.79 Å².